The minimum absolute atomic E-state index is 0.192. The number of nitro benzene ring substituents is 1. The van der Waals surface area contributed by atoms with E-state index in [1.807, 2.05) is 18.4 Å². The van der Waals surface area contributed by atoms with E-state index in [-0.39, 0.29) is 24.5 Å². The third-order valence-corrected chi connectivity index (χ3v) is 5.40. The van der Waals surface area contributed by atoms with Crippen molar-refractivity contribution in [2.24, 2.45) is 0 Å². The molecule has 3 aromatic rings. The van der Waals surface area contributed by atoms with E-state index in [4.69, 9.17) is 4.74 Å². The molecule has 0 bridgehead atoms. The highest BCUT2D eigenvalue weighted by molar-refractivity contribution is 7.14. The number of carbonyl (C=O) groups is 2. The lowest BCUT2D eigenvalue weighted by molar-refractivity contribution is -0.384. The molecule has 0 atom stereocenters. The molecular formula is C20H16N4O5S. The van der Waals surface area contributed by atoms with E-state index >= 15 is 0 Å². The number of amides is 2. The molecule has 0 radical (unpaired) electrons. The zero-order valence-corrected chi connectivity index (χ0v) is 16.7. The highest BCUT2D eigenvalue weighted by Crippen LogP contribution is 2.36. The molecule has 30 heavy (non-hydrogen) atoms. The van der Waals surface area contributed by atoms with Crippen molar-refractivity contribution in [2.75, 3.05) is 23.0 Å². The van der Waals surface area contributed by atoms with Gasteiger partial charge in [0.25, 0.3) is 17.5 Å². The average Bonchev–Trinajstić information content (AvgIpc) is 3.16. The van der Waals surface area contributed by atoms with Crippen molar-refractivity contribution in [1.29, 1.82) is 0 Å². The number of hydrogen-bond donors (Lipinski definition) is 0. The summed E-state index contributed by atoms with van der Waals surface area (Å²) in [6.45, 7) is 1.26. The lowest BCUT2D eigenvalue weighted by atomic mass is 10.2. The Labute approximate surface area is 175 Å². The molecule has 1 aliphatic heterocycles. The maximum absolute atomic E-state index is 13.3. The molecule has 0 unspecified atom stereocenters. The summed E-state index contributed by atoms with van der Waals surface area (Å²) in [5.74, 6) is -0.549. The summed E-state index contributed by atoms with van der Waals surface area (Å²) in [5.41, 5.74) is 1.38. The van der Waals surface area contributed by atoms with Gasteiger partial charge in [-0.25, -0.2) is 4.98 Å². The number of para-hydroxylation sites is 1. The van der Waals surface area contributed by atoms with Gasteiger partial charge < -0.3 is 4.74 Å². The normalized spacial score (nSPS) is 12.8. The predicted molar refractivity (Wildman–Crippen MR) is 111 cm³/mol. The number of ether oxygens (including phenoxy) is 1. The third kappa shape index (κ3) is 3.72. The second-order valence-corrected chi connectivity index (χ2v) is 7.35. The lowest BCUT2D eigenvalue weighted by Crippen LogP contribution is -2.45. The van der Waals surface area contributed by atoms with Crippen molar-refractivity contribution in [3.63, 3.8) is 0 Å². The molecule has 2 heterocycles. The zero-order chi connectivity index (χ0) is 21.3. The van der Waals surface area contributed by atoms with Gasteiger partial charge in [-0.05, 0) is 25.1 Å². The molecule has 0 fully saturated rings. The zero-order valence-electron chi connectivity index (χ0n) is 15.8. The van der Waals surface area contributed by atoms with Crippen molar-refractivity contribution >= 4 is 45.3 Å². The minimum atomic E-state index is -0.562. The molecule has 0 N–H and O–H groups in total. The number of nitrogens with zero attached hydrogens (tertiary/aromatic N) is 4. The maximum Gasteiger partial charge on any atom is 0.271 e. The van der Waals surface area contributed by atoms with Gasteiger partial charge in [0.15, 0.2) is 11.7 Å². The quantitative estimate of drug-likeness (QED) is 0.459. The Morgan fingerprint density at radius 2 is 2.07 bits per heavy atom. The fourth-order valence-electron chi connectivity index (χ4n) is 3.07. The maximum atomic E-state index is 13.3. The van der Waals surface area contributed by atoms with Gasteiger partial charge in [0.2, 0.25) is 0 Å². The number of nitro groups is 1. The van der Waals surface area contributed by atoms with Gasteiger partial charge >= 0.3 is 0 Å². The van der Waals surface area contributed by atoms with E-state index < -0.39 is 16.7 Å². The fraction of sp³-hybridized carbons (Fsp3) is 0.150. The number of non-ortho nitro benzene ring substituents is 1. The minimum Gasteiger partial charge on any atom is -0.482 e. The first-order valence-corrected chi connectivity index (χ1v) is 9.84. The van der Waals surface area contributed by atoms with Gasteiger partial charge in [0.1, 0.15) is 12.3 Å². The smallest absolute Gasteiger partial charge is 0.271 e. The van der Waals surface area contributed by atoms with Gasteiger partial charge in [-0.15, -0.1) is 11.3 Å². The predicted octanol–water partition coefficient (Wildman–Crippen LogP) is 3.45. The molecule has 1 aromatic heterocycles. The molecule has 0 saturated heterocycles. The molecule has 9 nitrogen and oxygen atoms in total. The van der Waals surface area contributed by atoms with E-state index in [1.165, 1.54) is 39.3 Å². The van der Waals surface area contributed by atoms with E-state index in [1.54, 1.807) is 24.3 Å². The second kappa shape index (κ2) is 7.91. The topological polar surface area (TPSA) is 106 Å². The van der Waals surface area contributed by atoms with E-state index in [0.29, 0.717) is 16.6 Å². The molecule has 4 rings (SSSR count). The first-order valence-electron chi connectivity index (χ1n) is 8.96. The molecule has 0 spiro atoms. The summed E-state index contributed by atoms with van der Waals surface area (Å²) in [5, 5.41) is 13.5. The number of carbonyl (C=O) groups excluding carboxylic acids is 2. The molecule has 10 heteroatoms. The molecule has 0 saturated carbocycles. The molecule has 2 aromatic carbocycles. The standard InChI is InChI=1S/C20H16N4O5S/c1-13-12-30-20(21-13)23(14-5-3-2-4-6-14)18(25)10-22-16-9-15(24(27)28)7-8-17(16)29-11-19(22)26/h2-9,12H,10-11H2,1H3. The second-order valence-electron chi connectivity index (χ2n) is 6.51. The number of anilines is 3. The van der Waals surface area contributed by atoms with Crippen LogP contribution >= 0.6 is 11.3 Å². The molecule has 2 amide bonds. The van der Waals surface area contributed by atoms with Crippen LogP contribution in [0, 0.1) is 17.0 Å². The highest BCUT2D eigenvalue weighted by atomic mass is 32.1. The molecule has 0 aliphatic carbocycles. The summed E-state index contributed by atoms with van der Waals surface area (Å²) in [7, 11) is 0. The van der Waals surface area contributed by atoms with Crippen LogP contribution in [-0.2, 0) is 9.59 Å². The van der Waals surface area contributed by atoms with Crippen LogP contribution < -0.4 is 14.5 Å². The Balaban J connectivity index is 1.70. The summed E-state index contributed by atoms with van der Waals surface area (Å²) in [6, 6.07) is 12.9. The number of fused-ring (bicyclic) bond motifs is 1. The van der Waals surface area contributed by atoms with Gasteiger partial charge in [-0.3, -0.25) is 29.5 Å². The third-order valence-electron chi connectivity index (χ3n) is 4.45. The van der Waals surface area contributed by atoms with Crippen LogP contribution in [0.1, 0.15) is 5.69 Å². The first-order chi connectivity index (χ1) is 14.4. The number of rotatable bonds is 5. The Morgan fingerprint density at radius 1 is 1.30 bits per heavy atom. The lowest BCUT2D eigenvalue weighted by Gasteiger charge is -2.30. The van der Waals surface area contributed by atoms with E-state index in [0.717, 1.165) is 5.69 Å². The van der Waals surface area contributed by atoms with Crippen LogP contribution in [0.4, 0.5) is 22.2 Å². The van der Waals surface area contributed by atoms with Gasteiger partial charge in [0, 0.05) is 17.5 Å². The molecule has 1 aliphatic rings. The van der Waals surface area contributed by atoms with Crippen LogP contribution in [0.5, 0.6) is 5.75 Å². The van der Waals surface area contributed by atoms with Crippen LogP contribution in [0.2, 0.25) is 0 Å². The Hall–Kier alpha value is -3.79. The average molecular weight is 424 g/mol. The van der Waals surface area contributed by atoms with Crippen LogP contribution in [0.15, 0.2) is 53.9 Å². The highest BCUT2D eigenvalue weighted by Gasteiger charge is 2.32. The van der Waals surface area contributed by atoms with Gasteiger partial charge in [-0.2, -0.15) is 0 Å². The van der Waals surface area contributed by atoms with Crippen molar-refractivity contribution < 1.29 is 19.2 Å². The number of aromatic nitrogens is 1. The first kappa shape index (κ1) is 19.5. The monoisotopic (exact) mass is 424 g/mol. The number of thiazole rings is 1. The molecular weight excluding hydrogens is 408 g/mol. The SMILES string of the molecule is Cc1csc(N(C(=O)CN2C(=O)COc3ccc([N+](=O)[O-])cc32)c2ccccc2)n1. The van der Waals surface area contributed by atoms with Crippen molar-refractivity contribution in [3.05, 3.63) is 69.7 Å². The van der Waals surface area contributed by atoms with Crippen LogP contribution in [0.25, 0.3) is 0 Å². The largest absolute Gasteiger partial charge is 0.482 e. The van der Waals surface area contributed by atoms with Crippen LogP contribution in [0.3, 0.4) is 0 Å². The summed E-state index contributed by atoms with van der Waals surface area (Å²) in [6.07, 6.45) is 0. The number of benzene rings is 2. The summed E-state index contributed by atoms with van der Waals surface area (Å²) in [4.78, 5) is 43.5. The van der Waals surface area contributed by atoms with Gasteiger partial charge in [0.05, 0.1) is 22.0 Å². The van der Waals surface area contributed by atoms with E-state index in [2.05, 4.69) is 4.98 Å². The van der Waals surface area contributed by atoms with Crippen molar-refractivity contribution in [3.8, 4) is 5.75 Å². The van der Waals surface area contributed by atoms with Crippen molar-refractivity contribution in [2.45, 2.75) is 6.92 Å². The molecule has 152 valence electrons. The van der Waals surface area contributed by atoms with E-state index in [9.17, 15) is 19.7 Å². The summed E-state index contributed by atoms with van der Waals surface area (Å²) < 4.78 is 5.37. The van der Waals surface area contributed by atoms with Crippen LogP contribution in [-0.4, -0.2) is 34.9 Å². The summed E-state index contributed by atoms with van der Waals surface area (Å²) >= 11 is 1.31. The van der Waals surface area contributed by atoms with Crippen molar-refractivity contribution in [1.82, 2.24) is 4.98 Å². The number of hydrogen-bond acceptors (Lipinski definition) is 7. The Morgan fingerprint density at radius 3 is 2.73 bits per heavy atom. The fourth-order valence-corrected chi connectivity index (χ4v) is 3.90. The Kier molecular flexibility index (Phi) is 5.15. The van der Waals surface area contributed by atoms with Gasteiger partial charge in [-0.1, -0.05) is 18.2 Å². The Bertz CT molecular complexity index is 1130. The number of aryl methyl sites for hydroxylation is 1.